The molecule has 0 aliphatic rings. The molecule has 19 heavy (non-hydrogen) atoms. The van der Waals surface area contributed by atoms with Crippen LogP contribution in [0.3, 0.4) is 0 Å². The maximum absolute atomic E-state index is 11.5. The number of rotatable bonds is 5. The first kappa shape index (κ1) is 16.0. The molecule has 0 heterocycles. The fourth-order valence-electron chi connectivity index (χ4n) is 1.28. The van der Waals surface area contributed by atoms with E-state index in [9.17, 15) is 9.59 Å². The van der Waals surface area contributed by atoms with Crippen molar-refractivity contribution in [3.63, 3.8) is 0 Å². The molecule has 0 fully saturated rings. The summed E-state index contributed by atoms with van der Waals surface area (Å²) in [6.45, 7) is 1.81. The lowest BCUT2D eigenvalue weighted by Gasteiger charge is -2.17. The second-order valence-electron chi connectivity index (χ2n) is 3.97. The minimum Gasteiger partial charge on any atom is -0.479 e. The molecule has 0 unspecified atom stereocenters. The number of aliphatic carboxylic acids is 1. The zero-order valence-electron chi connectivity index (χ0n) is 10.1. The van der Waals surface area contributed by atoms with E-state index in [-0.39, 0.29) is 6.61 Å². The third-order valence-corrected chi connectivity index (χ3v) is 2.56. The van der Waals surface area contributed by atoms with Crippen LogP contribution in [-0.4, -0.2) is 27.0 Å². The Morgan fingerprint density at radius 1 is 1.37 bits per heavy atom. The van der Waals surface area contributed by atoms with Gasteiger partial charge in [0.15, 0.2) is 6.04 Å². The normalized spacial score (nSPS) is 12.6. The summed E-state index contributed by atoms with van der Waals surface area (Å²) in [5.74, 6) is -1.15. The number of hydrogen-bond donors (Lipinski definition) is 2. The van der Waals surface area contributed by atoms with Crippen molar-refractivity contribution in [3.8, 4) is 0 Å². The largest absolute Gasteiger partial charge is 0.479 e. The van der Waals surface area contributed by atoms with Crippen LogP contribution in [-0.2, 0) is 9.53 Å². The highest BCUT2D eigenvalue weighted by atomic mass is 79.9. The molecule has 0 aliphatic carbocycles. The first-order valence-corrected chi connectivity index (χ1v) is 6.97. The number of carbonyl (C=O) groups excluding carboxylic acids is 1. The number of halogens is 2. The van der Waals surface area contributed by atoms with Crippen LogP contribution in [0.5, 0.6) is 0 Å². The van der Waals surface area contributed by atoms with E-state index in [4.69, 9.17) is 9.84 Å². The number of alkyl carbamates (subject to hydrolysis) is 1. The Morgan fingerprint density at radius 2 is 1.95 bits per heavy atom. The van der Waals surface area contributed by atoms with Gasteiger partial charge in [-0.1, -0.05) is 62.2 Å². The summed E-state index contributed by atoms with van der Waals surface area (Å²) in [6.07, 6.45) is -0.790. The first-order chi connectivity index (χ1) is 8.79. The zero-order chi connectivity index (χ0) is 14.5. The van der Waals surface area contributed by atoms with Gasteiger partial charge in [-0.25, -0.2) is 9.59 Å². The molecule has 104 valence electrons. The van der Waals surface area contributed by atoms with Crippen LogP contribution in [0.4, 0.5) is 4.79 Å². The van der Waals surface area contributed by atoms with E-state index in [2.05, 4.69) is 37.2 Å². The molecule has 5 nitrogen and oxygen atoms in total. The summed E-state index contributed by atoms with van der Waals surface area (Å²) in [4.78, 5) is 22.7. The SMILES string of the molecule is CC(Br)(Br)COC(=O)N[C@H](C(=O)O)c1ccccc1. The van der Waals surface area contributed by atoms with E-state index in [1.165, 1.54) is 0 Å². The van der Waals surface area contributed by atoms with Crippen LogP contribution in [0.1, 0.15) is 18.5 Å². The van der Waals surface area contributed by atoms with Crippen LogP contribution in [0.15, 0.2) is 30.3 Å². The van der Waals surface area contributed by atoms with Gasteiger partial charge in [0.1, 0.15) is 9.84 Å². The zero-order valence-corrected chi connectivity index (χ0v) is 13.3. The fraction of sp³-hybridized carbons (Fsp3) is 0.333. The number of benzene rings is 1. The average molecular weight is 395 g/mol. The van der Waals surface area contributed by atoms with Gasteiger partial charge >= 0.3 is 12.1 Å². The van der Waals surface area contributed by atoms with Crippen molar-refractivity contribution in [1.29, 1.82) is 0 Å². The fourth-order valence-corrected chi connectivity index (χ4v) is 1.51. The first-order valence-electron chi connectivity index (χ1n) is 5.38. The molecule has 0 saturated carbocycles. The number of amides is 1. The molecule has 0 aromatic heterocycles. The standard InChI is InChI=1S/C12H13Br2NO4/c1-12(13,14)7-19-11(18)15-9(10(16)17)8-5-3-2-4-6-8/h2-6,9H,7H2,1H3,(H,15,18)(H,16,17)/t9-/m0/s1. The third-order valence-electron chi connectivity index (χ3n) is 2.10. The smallest absolute Gasteiger partial charge is 0.408 e. The van der Waals surface area contributed by atoms with E-state index in [0.29, 0.717) is 5.56 Å². The Kier molecular flexibility index (Phi) is 5.81. The number of ether oxygens (including phenoxy) is 1. The number of alkyl halides is 2. The van der Waals surface area contributed by atoms with Gasteiger partial charge < -0.3 is 15.2 Å². The Bertz CT molecular complexity index is 445. The Hall–Kier alpha value is -1.08. The summed E-state index contributed by atoms with van der Waals surface area (Å²) in [7, 11) is 0. The van der Waals surface area contributed by atoms with Gasteiger partial charge in [0.05, 0.1) is 0 Å². The number of carbonyl (C=O) groups is 2. The summed E-state index contributed by atoms with van der Waals surface area (Å²) >= 11 is 6.48. The molecule has 1 aromatic rings. The minimum atomic E-state index is -1.15. The second-order valence-corrected chi connectivity index (χ2v) is 8.54. The van der Waals surface area contributed by atoms with E-state index in [0.717, 1.165) is 0 Å². The van der Waals surface area contributed by atoms with Gasteiger partial charge in [-0.3, -0.25) is 0 Å². The highest BCUT2D eigenvalue weighted by molar-refractivity contribution is 9.25. The summed E-state index contributed by atoms with van der Waals surface area (Å²) in [5.41, 5.74) is 0.479. The molecule has 0 radical (unpaired) electrons. The van der Waals surface area contributed by atoms with Gasteiger partial charge in [0.2, 0.25) is 0 Å². The van der Waals surface area contributed by atoms with Crippen LogP contribution in [0, 0.1) is 0 Å². The van der Waals surface area contributed by atoms with Gasteiger partial charge in [-0.2, -0.15) is 0 Å². The average Bonchev–Trinajstić information content (AvgIpc) is 2.33. The van der Waals surface area contributed by atoms with Crippen LogP contribution in [0.2, 0.25) is 0 Å². The molecule has 0 spiro atoms. The van der Waals surface area contributed by atoms with E-state index < -0.39 is 21.3 Å². The highest BCUT2D eigenvalue weighted by Crippen LogP contribution is 2.25. The number of nitrogens with one attached hydrogen (secondary N) is 1. The van der Waals surface area contributed by atoms with E-state index >= 15 is 0 Å². The van der Waals surface area contributed by atoms with E-state index in [1.54, 1.807) is 37.3 Å². The monoisotopic (exact) mass is 393 g/mol. The summed E-state index contributed by atoms with van der Waals surface area (Å²) in [6, 6.07) is 7.28. The van der Waals surface area contributed by atoms with Crippen molar-refractivity contribution in [2.45, 2.75) is 16.2 Å². The maximum atomic E-state index is 11.5. The lowest BCUT2D eigenvalue weighted by atomic mass is 10.1. The van der Waals surface area contributed by atoms with Crippen molar-refractivity contribution >= 4 is 43.9 Å². The predicted octanol–water partition coefficient (Wildman–Crippen LogP) is 3.04. The molecule has 7 heteroatoms. The number of carboxylic acids is 1. The van der Waals surface area contributed by atoms with Crippen molar-refractivity contribution in [2.24, 2.45) is 0 Å². The Balaban J connectivity index is 2.65. The lowest BCUT2D eigenvalue weighted by molar-refractivity contribution is -0.139. The van der Waals surface area contributed by atoms with Crippen LogP contribution >= 0.6 is 31.9 Å². The lowest BCUT2D eigenvalue weighted by Crippen LogP contribution is -2.35. The minimum absolute atomic E-state index is 0.0555. The second kappa shape index (κ2) is 6.91. The van der Waals surface area contributed by atoms with Crippen LogP contribution < -0.4 is 5.32 Å². The number of carboxylic acid groups (broad SMARTS) is 1. The Labute approximate surface area is 127 Å². The van der Waals surface area contributed by atoms with Crippen molar-refractivity contribution < 1.29 is 19.4 Å². The van der Waals surface area contributed by atoms with Crippen molar-refractivity contribution in [1.82, 2.24) is 5.32 Å². The molecule has 1 atom stereocenters. The van der Waals surface area contributed by atoms with Crippen molar-refractivity contribution in [2.75, 3.05) is 6.61 Å². The Morgan fingerprint density at radius 3 is 2.42 bits per heavy atom. The molecule has 1 aromatic carbocycles. The molecule has 2 N–H and O–H groups in total. The summed E-state index contributed by atoms with van der Waals surface area (Å²) < 4.78 is 4.36. The maximum Gasteiger partial charge on any atom is 0.408 e. The molecule has 0 aliphatic heterocycles. The van der Waals surface area contributed by atoms with E-state index in [1.807, 2.05) is 0 Å². The molecule has 0 saturated heterocycles. The van der Waals surface area contributed by atoms with Gasteiger partial charge in [0.25, 0.3) is 0 Å². The molecule has 1 amide bonds. The highest BCUT2D eigenvalue weighted by Gasteiger charge is 2.24. The topological polar surface area (TPSA) is 75.6 Å². The third kappa shape index (κ3) is 6.07. The van der Waals surface area contributed by atoms with Gasteiger partial charge in [0, 0.05) is 0 Å². The van der Waals surface area contributed by atoms with Gasteiger partial charge in [-0.05, 0) is 12.5 Å². The number of hydrogen-bond acceptors (Lipinski definition) is 3. The predicted molar refractivity (Wildman–Crippen MR) is 77.6 cm³/mol. The quantitative estimate of drug-likeness (QED) is 0.752. The molecule has 1 rings (SSSR count). The van der Waals surface area contributed by atoms with Gasteiger partial charge in [-0.15, -0.1) is 0 Å². The van der Waals surface area contributed by atoms with Crippen LogP contribution in [0.25, 0.3) is 0 Å². The molecular weight excluding hydrogens is 382 g/mol. The molecule has 0 bridgehead atoms. The molecular formula is C12H13Br2NO4. The van der Waals surface area contributed by atoms with Crippen molar-refractivity contribution in [3.05, 3.63) is 35.9 Å². The summed E-state index contributed by atoms with van der Waals surface area (Å²) in [5, 5.41) is 11.4.